The molecule has 0 spiro atoms. The van der Waals surface area contributed by atoms with E-state index >= 15 is 8.78 Å². The normalized spacial score (nSPS) is 15.8. The van der Waals surface area contributed by atoms with Crippen LogP contribution in [0, 0.1) is 17.0 Å². The van der Waals surface area contributed by atoms with E-state index in [-0.39, 0.29) is 22.4 Å². The molecule has 4 aromatic carbocycles. The quantitative estimate of drug-likeness (QED) is 0.0549. The first-order valence-electron chi connectivity index (χ1n) is 23.3. The Hall–Kier alpha value is -4.17. The molecule has 0 atom stereocenters. The van der Waals surface area contributed by atoms with Gasteiger partial charge < -0.3 is 38.3 Å². The maximum Gasteiger partial charge on any atom is 0.494 e. The Morgan fingerprint density at radius 1 is 0.631 bits per heavy atom. The molecule has 1 heterocycles. The highest BCUT2D eigenvalue weighted by Gasteiger charge is 2.52. The van der Waals surface area contributed by atoms with Gasteiger partial charge in [0.25, 0.3) is 0 Å². The van der Waals surface area contributed by atoms with Crippen molar-refractivity contribution in [2.75, 3.05) is 67.0 Å². The highest BCUT2D eigenvalue weighted by atomic mass is 19.1. The number of methoxy groups -OCH3 is 2. The molecule has 4 aromatic rings. The van der Waals surface area contributed by atoms with E-state index in [1.165, 1.54) is 12.1 Å². The Morgan fingerprint density at radius 2 is 1.17 bits per heavy atom. The van der Waals surface area contributed by atoms with Crippen LogP contribution in [0.25, 0.3) is 33.4 Å². The lowest BCUT2D eigenvalue weighted by Crippen LogP contribution is -2.41. The van der Waals surface area contributed by atoms with Crippen LogP contribution in [0.3, 0.4) is 0 Å². The van der Waals surface area contributed by atoms with Crippen molar-refractivity contribution in [3.8, 4) is 39.1 Å². The summed E-state index contributed by atoms with van der Waals surface area (Å²) in [6.45, 7) is 18.5. The van der Waals surface area contributed by atoms with Crippen molar-refractivity contribution in [1.29, 1.82) is 0 Å². The molecule has 0 radical (unpaired) electrons. The van der Waals surface area contributed by atoms with Gasteiger partial charge in [-0.15, -0.1) is 0 Å². The Bertz CT molecular complexity index is 2170. The van der Waals surface area contributed by atoms with Crippen LogP contribution in [0.2, 0.25) is 0 Å². The number of hydrogen-bond acceptors (Lipinski definition) is 8. The van der Waals surface area contributed by atoms with Crippen LogP contribution < -0.4 is 15.5 Å². The van der Waals surface area contributed by atoms with Crippen LogP contribution in [0.15, 0.2) is 72.8 Å². The molecule has 0 bridgehead atoms. The van der Waals surface area contributed by atoms with Gasteiger partial charge in [0.15, 0.2) is 0 Å². The number of unbranched alkanes of at least 4 members (excludes halogenated alkanes) is 1. The van der Waals surface area contributed by atoms with E-state index < -0.39 is 35.4 Å². The standard InChI is InChI=1S/C53H70BF2NO8/c1-50(2,3)36-49(58)57-24-10-11-27-63-40-18-14-37(15-19-40)43-34-48(56)44(35-47(43)55)38-16-20-41-42-21-17-39(54-64-51(4,5)52(6,7)65-54)33-46(42)53(45(41)32-38,22-12-25-61-30-28-59-8)23-13-26-62-31-29-60-9/h14-21,32-35H,10-13,22-31,36H2,1-9H3,(H,57,58). The molecular weight excluding hydrogens is 827 g/mol. The largest absolute Gasteiger partial charge is 0.494 e. The molecule has 0 unspecified atom stereocenters. The molecule has 352 valence electrons. The number of carbonyl (C=O) groups is 1. The van der Waals surface area contributed by atoms with Gasteiger partial charge in [0.1, 0.15) is 17.4 Å². The van der Waals surface area contributed by atoms with E-state index in [0.717, 1.165) is 66.2 Å². The van der Waals surface area contributed by atoms with Gasteiger partial charge in [-0.2, -0.15) is 0 Å². The first-order valence-corrected chi connectivity index (χ1v) is 23.3. The number of fused-ring (bicyclic) bond motifs is 3. The van der Waals surface area contributed by atoms with Crippen molar-refractivity contribution in [2.24, 2.45) is 5.41 Å². The summed E-state index contributed by atoms with van der Waals surface area (Å²) in [6, 6.07) is 22.1. The topological polar surface area (TPSA) is 93.7 Å². The minimum Gasteiger partial charge on any atom is -0.494 e. The molecule has 1 saturated heterocycles. The number of amides is 1. The van der Waals surface area contributed by atoms with Crippen molar-refractivity contribution < 1.29 is 46.6 Å². The summed E-state index contributed by atoms with van der Waals surface area (Å²) >= 11 is 0. The zero-order valence-corrected chi connectivity index (χ0v) is 40.1. The second-order valence-electron chi connectivity index (χ2n) is 19.6. The van der Waals surface area contributed by atoms with Crippen molar-refractivity contribution in [1.82, 2.24) is 5.32 Å². The molecular formula is C53H70BF2NO8. The summed E-state index contributed by atoms with van der Waals surface area (Å²) in [5.41, 5.74) is 5.25. The third-order valence-corrected chi connectivity index (χ3v) is 12.9. The third-order valence-electron chi connectivity index (χ3n) is 12.9. The van der Waals surface area contributed by atoms with Gasteiger partial charge in [-0.1, -0.05) is 63.2 Å². The molecule has 1 fully saturated rings. The van der Waals surface area contributed by atoms with Crippen LogP contribution in [-0.2, 0) is 38.5 Å². The highest BCUT2D eigenvalue weighted by Crippen LogP contribution is 2.55. The van der Waals surface area contributed by atoms with E-state index in [0.29, 0.717) is 76.1 Å². The summed E-state index contributed by atoms with van der Waals surface area (Å²) in [7, 11) is 2.77. The zero-order valence-electron chi connectivity index (χ0n) is 40.1. The SMILES string of the molecule is COCCOCCCC1(CCCOCCOC)c2cc(B3OC(C)(C)C(C)(C)O3)ccc2-c2ccc(-c3cc(F)c(-c4ccc(OCCCCNC(=O)CC(C)(C)C)cc4)cc3F)cc21. The van der Waals surface area contributed by atoms with Crippen molar-refractivity contribution in [3.05, 3.63) is 95.6 Å². The van der Waals surface area contributed by atoms with Gasteiger partial charge in [-0.05, 0) is 141 Å². The Balaban J connectivity index is 1.26. The van der Waals surface area contributed by atoms with Crippen LogP contribution in [0.1, 0.15) is 105 Å². The predicted octanol–water partition coefficient (Wildman–Crippen LogP) is 10.5. The zero-order chi connectivity index (χ0) is 46.8. The fraction of sp³-hybridized carbons (Fsp3) is 0.528. The Morgan fingerprint density at radius 3 is 1.74 bits per heavy atom. The van der Waals surface area contributed by atoms with Gasteiger partial charge in [0.05, 0.1) is 44.2 Å². The lowest BCUT2D eigenvalue weighted by atomic mass is 9.69. The molecule has 65 heavy (non-hydrogen) atoms. The Kier molecular flexibility index (Phi) is 17.1. The molecule has 6 rings (SSSR count). The molecule has 1 amide bonds. The number of halogens is 2. The molecule has 0 saturated carbocycles. The van der Waals surface area contributed by atoms with Crippen molar-refractivity contribution in [3.63, 3.8) is 0 Å². The second kappa shape index (κ2) is 22.1. The van der Waals surface area contributed by atoms with E-state index in [1.54, 1.807) is 38.5 Å². The minimum atomic E-state index is -0.550. The predicted molar refractivity (Wildman–Crippen MR) is 255 cm³/mol. The van der Waals surface area contributed by atoms with Gasteiger partial charge in [-0.25, -0.2) is 8.78 Å². The molecule has 2 aliphatic rings. The lowest BCUT2D eigenvalue weighted by Gasteiger charge is -2.33. The summed E-state index contributed by atoms with van der Waals surface area (Å²) < 4.78 is 74.1. The fourth-order valence-electron chi connectivity index (χ4n) is 8.82. The van der Waals surface area contributed by atoms with Gasteiger partial charge in [0, 0.05) is 56.9 Å². The van der Waals surface area contributed by atoms with Crippen LogP contribution in [-0.4, -0.2) is 91.2 Å². The highest BCUT2D eigenvalue weighted by molar-refractivity contribution is 6.62. The van der Waals surface area contributed by atoms with Crippen LogP contribution in [0.5, 0.6) is 5.75 Å². The summed E-state index contributed by atoms with van der Waals surface area (Å²) in [6.07, 6.45) is 5.07. The number of carbonyl (C=O) groups excluding carboxylic acids is 1. The molecule has 9 nitrogen and oxygen atoms in total. The lowest BCUT2D eigenvalue weighted by molar-refractivity contribution is -0.122. The van der Waals surface area contributed by atoms with Gasteiger partial charge >= 0.3 is 7.12 Å². The number of ether oxygens (including phenoxy) is 5. The van der Waals surface area contributed by atoms with E-state index in [2.05, 4.69) is 63.3 Å². The Labute approximate surface area is 386 Å². The second-order valence-corrected chi connectivity index (χ2v) is 19.6. The summed E-state index contributed by atoms with van der Waals surface area (Å²) in [5, 5.41) is 2.97. The van der Waals surface area contributed by atoms with Crippen molar-refractivity contribution in [2.45, 2.75) is 110 Å². The van der Waals surface area contributed by atoms with E-state index in [9.17, 15) is 4.79 Å². The smallest absolute Gasteiger partial charge is 0.494 e. The summed E-state index contributed by atoms with van der Waals surface area (Å²) in [5.74, 6) is -0.347. The third kappa shape index (κ3) is 12.4. The maximum absolute atomic E-state index is 16.4. The van der Waals surface area contributed by atoms with Gasteiger partial charge in [0.2, 0.25) is 5.91 Å². The molecule has 1 aliphatic carbocycles. The summed E-state index contributed by atoms with van der Waals surface area (Å²) in [4.78, 5) is 12.1. The van der Waals surface area contributed by atoms with Crippen LogP contribution in [0.4, 0.5) is 8.78 Å². The van der Waals surface area contributed by atoms with Crippen molar-refractivity contribution >= 4 is 18.5 Å². The van der Waals surface area contributed by atoms with E-state index in [1.807, 2.05) is 26.8 Å². The molecule has 0 aromatic heterocycles. The molecule has 1 aliphatic heterocycles. The number of nitrogens with one attached hydrogen (secondary N) is 1. The molecule has 12 heteroatoms. The number of rotatable bonds is 24. The number of hydrogen-bond donors (Lipinski definition) is 1. The maximum atomic E-state index is 16.4. The first kappa shape index (κ1) is 50.3. The van der Waals surface area contributed by atoms with Crippen LogP contribution >= 0.6 is 0 Å². The minimum absolute atomic E-state index is 0.0505. The van der Waals surface area contributed by atoms with E-state index in [4.69, 9.17) is 33.0 Å². The number of benzene rings is 4. The molecule has 1 N–H and O–H groups in total. The average molecular weight is 898 g/mol. The first-order chi connectivity index (χ1) is 31.0. The average Bonchev–Trinajstić information content (AvgIpc) is 3.65. The monoisotopic (exact) mass is 898 g/mol. The fourth-order valence-corrected chi connectivity index (χ4v) is 8.82. The van der Waals surface area contributed by atoms with Gasteiger partial charge in [-0.3, -0.25) is 4.79 Å².